The highest BCUT2D eigenvalue weighted by atomic mass is 31.2. The number of aliphatic hydroxyl groups excluding tert-OH is 2. The van der Waals surface area contributed by atoms with E-state index in [2.05, 4.69) is 50.3 Å². The van der Waals surface area contributed by atoms with Crippen molar-refractivity contribution in [3.63, 3.8) is 0 Å². The zero-order valence-electron chi connectivity index (χ0n) is 38.3. The predicted octanol–water partition coefficient (Wildman–Crippen LogP) is 9.83. The minimum absolute atomic E-state index is 0.00865. The number of phosphoric ester groups is 1. The molecule has 0 aromatic heterocycles. The van der Waals surface area contributed by atoms with Gasteiger partial charge in [-0.25, -0.2) is 4.57 Å². The van der Waals surface area contributed by atoms with Crippen molar-refractivity contribution in [2.24, 2.45) is 11.8 Å². The van der Waals surface area contributed by atoms with E-state index in [1.165, 1.54) is 19.3 Å². The van der Waals surface area contributed by atoms with Crippen molar-refractivity contribution in [2.45, 2.75) is 167 Å². The first kappa shape index (κ1) is 56.3. The summed E-state index contributed by atoms with van der Waals surface area (Å²) in [5, 5.41) is 20.7. The molecule has 13 heteroatoms. The molecule has 0 aliphatic heterocycles. The van der Waals surface area contributed by atoms with E-state index in [0.717, 1.165) is 64.2 Å². The highest BCUT2D eigenvalue weighted by Crippen LogP contribution is 2.43. The van der Waals surface area contributed by atoms with Gasteiger partial charge in [0.05, 0.1) is 40.0 Å². The minimum atomic E-state index is -4.46. The molecule has 1 aliphatic carbocycles. The van der Waals surface area contributed by atoms with Crippen LogP contribution in [-0.2, 0) is 37.5 Å². The molecule has 0 spiro atoms. The van der Waals surface area contributed by atoms with Gasteiger partial charge in [0.15, 0.2) is 6.10 Å². The van der Waals surface area contributed by atoms with E-state index in [9.17, 15) is 34.1 Å². The summed E-state index contributed by atoms with van der Waals surface area (Å²) >= 11 is 0. The molecule has 1 unspecified atom stereocenters. The number of esters is 2. The van der Waals surface area contributed by atoms with E-state index in [1.54, 1.807) is 12.2 Å². The summed E-state index contributed by atoms with van der Waals surface area (Å²) < 4.78 is 34.2. The topological polar surface area (TPSA) is 166 Å². The number of aliphatic hydroxyl groups is 2. The van der Waals surface area contributed by atoms with Crippen molar-refractivity contribution >= 4 is 25.5 Å². The molecule has 1 fully saturated rings. The normalized spacial score (nSPS) is 19.5. The Morgan fingerprint density at radius 1 is 0.770 bits per heavy atom. The Morgan fingerprint density at radius 2 is 1.36 bits per heavy atom. The zero-order valence-corrected chi connectivity index (χ0v) is 39.2. The van der Waals surface area contributed by atoms with E-state index in [-0.39, 0.29) is 50.1 Å². The number of allylic oxidation sites excluding steroid dienone is 8. The van der Waals surface area contributed by atoms with E-state index in [1.807, 2.05) is 33.3 Å². The molecule has 0 aromatic carbocycles. The van der Waals surface area contributed by atoms with Gasteiger partial charge in [-0.1, -0.05) is 120 Å². The highest BCUT2D eigenvalue weighted by molar-refractivity contribution is 7.47. The lowest BCUT2D eigenvalue weighted by Gasteiger charge is -2.24. The number of phosphoric acid groups is 1. The Morgan fingerprint density at radius 3 is 2.03 bits per heavy atom. The van der Waals surface area contributed by atoms with Gasteiger partial charge in [0.2, 0.25) is 0 Å². The first-order chi connectivity index (χ1) is 29.2. The number of nitrogens with zero attached hydrogens (tertiary/aromatic N) is 1. The van der Waals surface area contributed by atoms with Gasteiger partial charge in [0.25, 0.3) is 0 Å². The molecular formula is C48H83NO11P+. The van der Waals surface area contributed by atoms with Gasteiger partial charge in [-0.05, 0) is 70.6 Å². The molecule has 0 radical (unpaired) electrons. The van der Waals surface area contributed by atoms with Crippen LogP contribution in [0.5, 0.6) is 0 Å². The molecule has 1 aliphatic rings. The molecule has 1 rings (SSSR count). The third-order valence-electron chi connectivity index (χ3n) is 10.4. The fourth-order valence-electron chi connectivity index (χ4n) is 6.65. The summed E-state index contributed by atoms with van der Waals surface area (Å²) in [7, 11) is 1.29. The number of rotatable bonds is 37. The van der Waals surface area contributed by atoms with Crippen molar-refractivity contribution in [3.05, 3.63) is 60.8 Å². The number of hydrogen-bond acceptors (Lipinski definition) is 10. The molecule has 350 valence electrons. The molecule has 0 aromatic rings. The van der Waals surface area contributed by atoms with Gasteiger partial charge in [-0.2, -0.15) is 0 Å². The number of carbonyl (C=O) groups is 3. The van der Waals surface area contributed by atoms with E-state index < -0.39 is 44.7 Å². The summed E-state index contributed by atoms with van der Waals surface area (Å²) in [6, 6.07) is 0. The van der Waals surface area contributed by atoms with Crippen molar-refractivity contribution in [1.82, 2.24) is 0 Å². The Balaban J connectivity index is 2.52. The molecule has 61 heavy (non-hydrogen) atoms. The molecule has 6 atom stereocenters. The van der Waals surface area contributed by atoms with E-state index in [4.69, 9.17) is 18.5 Å². The van der Waals surface area contributed by atoms with E-state index >= 15 is 0 Å². The lowest BCUT2D eigenvalue weighted by atomic mass is 9.90. The summed E-state index contributed by atoms with van der Waals surface area (Å²) in [5.41, 5.74) is 0. The molecule has 0 saturated heterocycles. The van der Waals surface area contributed by atoms with Crippen LogP contribution < -0.4 is 0 Å². The lowest BCUT2D eigenvalue weighted by molar-refractivity contribution is -0.870. The third kappa shape index (κ3) is 31.7. The number of likely N-dealkylation sites (N-methyl/N-ethyl adjacent to an activating group) is 1. The van der Waals surface area contributed by atoms with Crippen LogP contribution in [0.25, 0.3) is 0 Å². The number of carbonyl (C=O) groups excluding carboxylic acids is 3. The van der Waals surface area contributed by atoms with Crippen LogP contribution in [0.2, 0.25) is 0 Å². The van der Waals surface area contributed by atoms with Gasteiger partial charge in [0.1, 0.15) is 25.5 Å². The molecule has 0 bridgehead atoms. The monoisotopic (exact) mass is 881 g/mol. The van der Waals surface area contributed by atoms with Crippen LogP contribution in [0, 0.1) is 11.8 Å². The van der Waals surface area contributed by atoms with Crippen LogP contribution in [0.1, 0.15) is 149 Å². The number of unbranched alkanes of at least 4 members (excludes halogenated alkanes) is 10. The first-order valence-corrected chi connectivity index (χ1v) is 24.6. The number of hydrogen-bond donors (Lipinski definition) is 3. The summed E-state index contributed by atoms with van der Waals surface area (Å²) in [4.78, 5) is 48.2. The smallest absolute Gasteiger partial charge is 0.462 e. The quantitative estimate of drug-likeness (QED) is 0.0179. The van der Waals surface area contributed by atoms with Crippen molar-refractivity contribution in [3.8, 4) is 0 Å². The number of quaternary nitrogens is 1. The van der Waals surface area contributed by atoms with Crippen molar-refractivity contribution in [1.29, 1.82) is 0 Å². The molecule has 1 saturated carbocycles. The van der Waals surface area contributed by atoms with Gasteiger partial charge < -0.3 is 29.1 Å². The molecule has 12 nitrogen and oxygen atoms in total. The van der Waals surface area contributed by atoms with Crippen molar-refractivity contribution in [2.75, 3.05) is 47.5 Å². The molecule has 0 heterocycles. The Labute approximate surface area is 368 Å². The lowest BCUT2D eigenvalue weighted by Crippen LogP contribution is -2.37. The maximum atomic E-state index is 12.8. The highest BCUT2D eigenvalue weighted by Gasteiger charge is 2.39. The van der Waals surface area contributed by atoms with E-state index in [0.29, 0.717) is 43.1 Å². The second-order valence-corrected chi connectivity index (χ2v) is 18.7. The largest absolute Gasteiger partial charge is 0.472 e. The standard InChI is InChI=1S/C48H82NO11P/c1-6-8-10-11-12-13-14-15-16-17-18-19-20-21-22-23-28-32-47(53)57-39-42(40-59-61(55,56)58-37-36-49(3,4)5)60-48(54)33-29-25-24-27-31-43-44(46(52)38-45(43)51)35-34-41(50)30-26-9-7-2/h12-13,15-16,18-19,24,27,34-35,41-44,46,50,52H,6-11,14,17,20-23,25-26,28-33,36-40H2,1-5H3/p+1/b13-12-,16-15-,19-18-,27-24-,35-34+/t41-,42+,43+,44+,46+/m0/s1. The zero-order chi connectivity index (χ0) is 45.2. The second-order valence-electron chi connectivity index (χ2n) is 17.2. The van der Waals surface area contributed by atoms with Gasteiger partial charge in [0, 0.05) is 31.1 Å². The maximum absolute atomic E-state index is 12.8. The Bertz CT molecular complexity index is 1390. The molecule has 3 N–H and O–H groups in total. The average molecular weight is 881 g/mol. The minimum Gasteiger partial charge on any atom is -0.462 e. The Kier molecular flexibility index (Phi) is 32.1. The van der Waals surface area contributed by atoms with Gasteiger partial charge >= 0.3 is 19.8 Å². The van der Waals surface area contributed by atoms with Crippen LogP contribution in [0.4, 0.5) is 0 Å². The summed E-state index contributed by atoms with van der Waals surface area (Å²) in [6.45, 7) is 3.93. The van der Waals surface area contributed by atoms with Gasteiger partial charge in [-0.15, -0.1) is 0 Å². The summed E-state index contributed by atoms with van der Waals surface area (Å²) in [6.07, 6.45) is 34.9. The number of ether oxygens (including phenoxy) is 2. The SMILES string of the molecule is CCCCC/C=C\C/C=C\C/C=C\CCCCCCC(=O)OC[C@H](COP(=O)(O)OCC[N+](C)(C)C)OC(=O)CCC/C=C\C[C@H]1C(=O)C[C@@H](O)[C@@H]1/C=C/[C@@H](O)CCCCC. The van der Waals surface area contributed by atoms with Crippen LogP contribution >= 0.6 is 7.82 Å². The Hall–Kier alpha value is -2.70. The van der Waals surface area contributed by atoms with Crippen molar-refractivity contribution < 1.29 is 57.1 Å². The number of Topliss-reactive ketones (excluding diaryl/α,β-unsaturated/α-hetero) is 1. The summed E-state index contributed by atoms with van der Waals surface area (Å²) in [5.74, 6) is -1.77. The predicted molar refractivity (Wildman–Crippen MR) is 243 cm³/mol. The first-order valence-electron chi connectivity index (χ1n) is 23.1. The van der Waals surface area contributed by atoms with Crippen LogP contribution in [0.15, 0.2) is 60.8 Å². The maximum Gasteiger partial charge on any atom is 0.472 e. The fraction of sp³-hybridized carbons (Fsp3) is 0.729. The average Bonchev–Trinajstić information content (AvgIpc) is 3.47. The molecule has 0 amide bonds. The second kappa shape index (κ2) is 34.7. The third-order valence-corrected chi connectivity index (χ3v) is 11.4. The van der Waals surface area contributed by atoms with Crippen LogP contribution in [-0.4, -0.2) is 103 Å². The van der Waals surface area contributed by atoms with Gasteiger partial charge in [-0.3, -0.25) is 23.4 Å². The fourth-order valence-corrected chi connectivity index (χ4v) is 7.39. The number of ketones is 1. The molecular weight excluding hydrogens is 797 g/mol. The van der Waals surface area contributed by atoms with Crippen LogP contribution in [0.3, 0.4) is 0 Å².